The predicted molar refractivity (Wildman–Crippen MR) is 113 cm³/mol. The van der Waals surface area contributed by atoms with E-state index >= 15 is 0 Å². The molecule has 0 unspecified atom stereocenters. The minimum Gasteiger partial charge on any atom is -0.457 e. The molecule has 0 aromatic heterocycles. The summed E-state index contributed by atoms with van der Waals surface area (Å²) in [6, 6.07) is 3.59. The third-order valence-corrected chi connectivity index (χ3v) is 7.57. The van der Waals surface area contributed by atoms with Gasteiger partial charge in [0.15, 0.2) is 0 Å². The lowest BCUT2D eigenvalue weighted by Crippen LogP contribution is -2.45. The highest BCUT2D eigenvalue weighted by molar-refractivity contribution is 5.94. The summed E-state index contributed by atoms with van der Waals surface area (Å²) in [6.07, 6.45) is 2.98. The first kappa shape index (κ1) is 21.2. The van der Waals surface area contributed by atoms with Gasteiger partial charge >= 0.3 is 11.9 Å². The maximum Gasteiger partial charge on any atom is 0.338 e. The number of fused-ring (bicyclic) bond motifs is 1. The second kappa shape index (κ2) is 7.71. The van der Waals surface area contributed by atoms with E-state index in [4.69, 9.17) is 9.47 Å². The number of likely N-dealkylation sites (tertiary alicyclic amines) is 2. The van der Waals surface area contributed by atoms with E-state index in [-0.39, 0.29) is 37.1 Å². The third-order valence-electron chi connectivity index (χ3n) is 7.57. The van der Waals surface area contributed by atoms with Crippen molar-refractivity contribution < 1.29 is 29.0 Å². The Kier molecular flexibility index (Phi) is 5.09. The number of piperidine rings is 1. The molecule has 4 aliphatic heterocycles. The lowest BCUT2D eigenvalue weighted by molar-refractivity contribution is -0.139. The minimum absolute atomic E-state index is 0.0411. The second-order valence-corrected chi connectivity index (χ2v) is 9.45. The molecule has 2 atom stereocenters. The summed E-state index contributed by atoms with van der Waals surface area (Å²) >= 11 is 0. The van der Waals surface area contributed by atoms with Crippen LogP contribution in [-0.2, 0) is 25.7 Å². The molecule has 5 rings (SSSR count). The van der Waals surface area contributed by atoms with E-state index in [0.717, 1.165) is 49.0 Å². The third kappa shape index (κ3) is 3.33. The van der Waals surface area contributed by atoms with Crippen molar-refractivity contribution >= 4 is 17.8 Å². The SMILES string of the molecule is Cc1c([C@H](O)CN2CCC3(CC2)C[C@@H](C)N(C2=CC(=O)OC2)C3=O)ccc2c1COC2=O. The van der Waals surface area contributed by atoms with Crippen LogP contribution in [0, 0.1) is 12.3 Å². The van der Waals surface area contributed by atoms with Gasteiger partial charge in [0.1, 0.15) is 13.2 Å². The Morgan fingerprint density at radius 2 is 1.91 bits per heavy atom. The molecule has 1 N–H and O–H groups in total. The van der Waals surface area contributed by atoms with Crippen LogP contribution in [-0.4, -0.2) is 65.0 Å². The largest absolute Gasteiger partial charge is 0.457 e. The topological polar surface area (TPSA) is 96.4 Å². The van der Waals surface area contributed by atoms with Gasteiger partial charge in [-0.05, 0) is 63.4 Å². The summed E-state index contributed by atoms with van der Waals surface area (Å²) in [4.78, 5) is 40.5. The molecule has 2 saturated heterocycles. The number of benzene rings is 1. The standard InChI is InChI=1S/C24H28N2O6/c1-14-10-24(23(30)26(14)16-9-21(28)31-12-16)5-7-25(8-6-24)11-20(27)17-3-4-18-19(15(17)2)13-32-22(18)29/h3-4,9,14,20,27H,5-8,10-13H2,1-2H3/t14-,20-/m1/s1. The number of rotatable bonds is 4. The number of hydrogen-bond acceptors (Lipinski definition) is 7. The van der Waals surface area contributed by atoms with Gasteiger partial charge in [-0.2, -0.15) is 0 Å². The van der Waals surface area contributed by atoms with Crippen LogP contribution in [0.2, 0.25) is 0 Å². The van der Waals surface area contributed by atoms with Crippen molar-refractivity contribution in [3.63, 3.8) is 0 Å². The van der Waals surface area contributed by atoms with Crippen LogP contribution in [0.3, 0.4) is 0 Å². The fourth-order valence-electron chi connectivity index (χ4n) is 5.77. The zero-order valence-corrected chi connectivity index (χ0v) is 18.4. The molecule has 170 valence electrons. The molecule has 8 nitrogen and oxygen atoms in total. The van der Waals surface area contributed by atoms with E-state index in [2.05, 4.69) is 4.90 Å². The molecule has 1 spiro atoms. The van der Waals surface area contributed by atoms with E-state index in [1.54, 1.807) is 11.0 Å². The number of β-amino-alcohol motifs (C(OH)–C–C–N with tert-alkyl or cyclic N) is 1. The van der Waals surface area contributed by atoms with Crippen LogP contribution >= 0.6 is 0 Å². The molecule has 4 aliphatic rings. The first-order chi connectivity index (χ1) is 15.3. The molecule has 8 heteroatoms. The molecule has 0 radical (unpaired) electrons. The smallest absolute Gasteiger partial charge is 0.338 e. The molecule has 1 aromatic rings. The molecular weight excluding hydrogens is 412 g/mol. The van der Waals surface area contributed by atoms with Gasteiger partial charge in [-0.25, -0.2) is 9.59 Å². The fraction of sp³-hybridized carbons (Fsp3) is 0.542. The van der Waals surface area contributed by atoms with Crippen LogP contribution in [0.4, 0.5) is 0 Å². The molecular formula is C24H28N2O6. The molecule has 0 aliphatic carbocycles. The predicted octanol–water partition coefficient (Wildman–Crippen LogP) is 1.84. The van der Waals surface area contributed by atoms with E-state index in [1.807, 2.05) is 19.9 Å². The number of aliphatic hydroxyl groups is 1. The Labute approximate surface area is 186 Å². The molecule has 0 saturated carbocycles. The summed E-state index contributed by atoms with van der Waals surface area (Å²) in [5.74, 6) is -0.601. The fourth-order valence-corrected chi connectivity index (χ4v) is 5.77. The van der Waals surface area contributed by atoms with Gasteiger partial charge in [-0.1, -0.05) is 6.07 Å². The summed E-state index contributed by atoms with van der Waals surface area (Å²) in [5, 5.41) is 10.9. The number of carbonyl (C=O) groups is 3. The van der Waals surface area contributed by atoms with Crippen LogP contribution < -0.4 is 0 Å². The average molecular weight is 440 g/mol. The van der Waals surface area contributed by atoms with Gasteiger partial charge in [-0.15, -0.1) is 0 Å². The van der Waals surface area contributed by atoms with Crippen molar-refractivity contribution in [2.45, 2.75) is 51.9 Å². The highest BCUT2D eigenvalue weighted by Crippen LogP contribution is 2.46. The van der Waals surface area contributed by atoms with E-state index in [0.29, 0.717) is 17.8 Å². The van der Waals surface area contributed by atoms with Crippen molar-refractivity contribution in [1.29, 1.82) is 0 Å². The Morgan fingerprint density at radius 3 is 2.59 bits per heavy atom. The van der Waals surface area contributed by atoms with Gasteiger partial charge in [-0.3, -0.25) is 4.79 Å². The molecule has 32 heavy (non-hydrogen) atoms. The highest BCUT2D eigenvalue weighted by atomic mass is 16.5. The number of aliphatic hydroxyl groups excluding tert-OH is 1. The normalized spacial score (nSPS) is 25.7. The summed E-state index contributed by atoms with van der Waals surface area (Å²) in [7, 11) is 0. The van der Waals surface area contributed by atoms with Gasteiger partial charge in [0, 0.05) is 24.2 Å². The lowest BCUT2D eigenvalue weighted by Gasteiger charge is -2.38. The number of hydrogen-bond donors (Lipinski definition) is 1. The minimum atomic E-state index is -0.674. The monoisotopic (exact) mass is 440 g/mol. The maximum atomic E-state index is 13.3. The van der Waals surface area contributed by atoms with Crippen LogP contribution in [0.5, 0.6) is 0 Å². The lowest BCUT2D eigenvalue weighted by atomic mass is 9.76. The van der Waals surface area contributed by atoms with Gasteiger partial charge < -0.3 is 24.4 Å². The van der Waals surface area contributed by atoms with E-state index in [9.17, 15) is 19.5 Å². The Morgan fingerprint density at radius 1 is 1.16 bits per heavy atom. The first-order valence-electron chi connectivity index (χ1n) is 11.2. The number of ether oxygens (including phenoxy) is 2. The summed E-state index contributed by atoms with van der Waals surface area (Å²) in [5.41, 5.74) is 3.42. The molecule has 0 bridgehead atoms. The second-order valence-electron chi connectivity index (χ2n) is 9.45. The van der Waals surface area contributed by atoms with Gasteiger partial charge in [0.2, 0.25) is 5.91 Å². The van der Waals surface area contributed by atoms with Crippen LogP contribution in [0.15, 0.2) is 23.9 Å². The number of carbonyl (C=O) groups excluding carboxylic acids is 3. The first-order valence-corrected chi connectivity index (χ1v) is 11.2. The van der Waals surface area contributed by atoms with E-state index in [1.165, 1.54) is 6.08 Å². The van der Waals surface area contributed by atoms with Gasteiger partial charge in [0.25, 0.3) is 0 Å². The zero-order valence-electron chi connectivity index (χ0n) is 18.4. The quantitative estimate of drug-likeness (QED) is 0.714. The Hall–Kier alpha value is -2.71. The van der Waals surface area contributed by atoms with Crippen molar-refractivity contribution in [2.75, 3.05) is 26.2 Å². The highest BCUT2D eigenvalue weighted by Gasteiger charge is 2.52. The Balaban J connectivity index is 1.24. The van der Waals surface area contributed by atoms with Crippen LogP contribution in [0.1, 0.15) is 59.3 Å². The van der Waals surface area contributed by atoms with Crippen molar-refractivity contribution in [1.82, 2.24) is 9.80 Å². The summed E-state index contributed by atoms with van der Waals surface area (Å²) < 4.78 is 10.1. The maximum absolute atomic E-state index is 13.3. The zero-order chi connectivity index (χ0) is 22.6. The number of amides is 1. The molecule has 1 aromatic carbocycles. The van der Waals surface area contributed by atoms with Crippen molar-refractivity contribution in [2.24, 2.45) is 5.41 Å². The van der Waals surface area contributed by atoms with Gasteiger partial charge in [0.05, 0.1) is 22.8 Å². The number of nitrogens with zero attached hydrogens (tertiary/aromatic N) is 2. The molecule has 1 amide bonds. The molecule has 2 fully saturated rings. The Bertz CT molecular complexity index is 1020. The van der Waals surface area contributed by atoms with Crippen molar-refractivity contribution in [3.8, 4) is 0 Å². The molecule has 4 heterocycles. The van der Waals surface area contributed by atoms with Crippen LogP contribution in [0.25, 0.3) is 0 Å². The number of cyclic esters (lactones) is 2. The summed E-state index contributed by atoms with van der Waals surface area (Å²) in [6.45, 7) is 6.30. The average Bonchev–Trinajstić information content (AvgIpc) is 3.41. The van der Waals surface area contributed by atoms with E-state index < -0.39 is 11.5 Å². The number of esters is 2. The van der Waals surface area contributed by atoms with Crippen molar-refractivity contribution in [3.05, 3.63) is 46.2 Å².